The number of nitrogens with one attached hydrogen (secondary N) is 2. The molecule has 1 atom stereocenters. The van der Waals surface area contributed by atoms with Gasteiger partial charge in [-0.2, -0.15) is 0 Å². The highest BCUT2D eigenvalue weighted by Crippen LogP contribution is 2.37. The van der Waals surface area contributed by atoms with Crippen LogP contribution in [-0.2, 0) is 11.2 Å². The van der Waals surface area contributed by atoms with Gasteiger partial charge in [0.05, 0.1) is 25.3 Å². The van der Waals surface area contributed by atoms with Gasteiger partial charge in [0.15, 0.2) is 11.5 Å². The molecule has 0 fully saturated rings. The molecule has 5 nitrogen and oxygen atoms in total. The van der Waals surface area contributed by atoms with Crippen LogP contribution in [0.5, 0.6) is 11.5 Å². The van der Waals surface area contributed by atoms with Gasteiger partial charge in [-0.05, 0) is 52.3 Å². The van der Waals surface area contributed by atoms with Crippen LogP contribution in [0.3, 0.4) is 0 Å². The second-order valence-corrected chi connectivity index (χ2v) is 6.82. The predicted molar refractivity (Wildman–Crippen MR) is 93.6 cm³/mol. The Bertz CT molecular complexity index is 541. The van der Waals surface area contributed by atoms with Crippen LogP contribution in [0.15, 0.2) is 12.1 Å². The highest BCUT2D eigenvalue weighted by Gasteiger charge is 2.19. The van der Waals surface area contributed by atoms with Crippen molar-refractivity contribution in [3.8, 4) is 11.5 Å². The number of halogens is 1. The molecule has 0 radical (unpaired) electrons. The molecule has 0 spiro atoms. The van der Waals surface area contributed by atoms with Crippen molar-refractivity contribution in [3.05, 3.63) is 22.7 Å². The Morgan fingerprint density at radius 1 is 1.26 bits per heavy atom. The molecule has 1 aromatic carbocycles. The summed E-state index contributed by atoms with van der Waals surface area (Å²) in [6.07, 6.45) is 0.687. The lowest BCUT2D eigenvalue weighted by atomic mass is 10.1. The first-order chi connectivity index (χ1) is 10.7. The lowest BCUT2D eigenvalue weighted by Gasteiger charge is -2.23. The Labute approximate surface area is 143 Å². The van der Waals surface area contributed by atoms with Crippen molar-refractivity contribution < 1.29 is 14.3 Å². The lowest BCUT2D eigenvalue weighted by molar-refractivity contribution is -0.124. The van der Waals surface area contributed by atoms with E-state index in [0.717, 1.165) is 5.56 Å². The molecule has 1 aromatic rings. The molecule has 0 saturated carbocycles. The number of hydrogen-bond acceptors (Lipinski definition) is 4. The van der Waals surface area contributed by atoms with Gasteiger partial charge in [-0.1, -0.05) is 17.7 Å². The van der Waals surface area contributed by atoms with Gasteiger partial charge in [0, 0.05) is 5.54 Å². The fraction of sp³-hybridized carbons (Fsp3) is 0.588. The Morgan fingerprint density at radius 2 is 1.91 bits per heavy atom. The smallest absolute Gasteiger partial charge is 0.237 e. The topological polar surface area (TPSA) is 59.6 Å². The first-order valence-electron chi connectivity index (χ1n) is 7.64. The van der Waals surface area contributed by atoms with Crippen molar-refractivity contribution in [1.29, 1.82) is 0 Å². The Hall–Kier alpha value is -1.46. The number of hydrogen-bond donors (Lipinski definition) is 2. The summed E-state index contributed by atoms with van der Waals surface area (Å²) in [4.78, 5) is 12.0. The second-order valence-electron chi connectivity index (χ2n) is 6.44. The van der Waals surface area contributed by atoms with Gasteiger partial charge in [0.2, 0.25) is 5.91 Å². The average molecular weight is 343 g/mol. The fourth-order valence-corrected chi connectivity index (χ4v) is 2.44. The van der Waals surface area contributed by atoms with Crippen molar-refractivity contribution in [2.75, 3.05) is 20.8 Å². The van der Waals surface area contributed by atoms with Crippen LogP contribution in [0, 0.1) is 0 Å². The van der Waals surface area contributed by atoms with Gasteiger partial charge in [0.25, 0.3) is 0 Å². The number of amides is 1. The SMILES string of the molecule is COc1ccc(CCNC(C)C(=O)NC(C)(C)C)c(Cl)c1OC. The van der Waals surface area contributed by atoms with Crippen molar-refractivity contribution >= 4 is 17.5 Å². The zero-order valence-electron chi connectivity index (χ0n) is 14.7. The number of carbonyl (C=O) groups excluding carboxylic acids is 1. The third-order valence-electron chi connectivity index (χ3n) is 3.30. The van der Waals surface area contributed by atoms with E-state index in [1.54, 1.807) is 14.2 Å². The maximum absolute atomic E-state index is 12.0. The average Bonchev–Trinajstić information content (AvgIpc) is 2.46. The molecule has 0 saturated heterocycles. The summed E-state index contributed by atoms with van der Waals surface area (Å²) in [5.74, 6) is 1.12. The van der Waals surface area contributed by atoms with Crippen LogP contribution in [0.2, 0.25) is 5.02 Å². The quantitative estimate of drug-likeness (QED) is 0.800. The van der Waals surface area contributed by atoms with Gasteiger partial charge in [-0.15, -0.1) is 0 Å². The summed E-state index contributed by atoms with van der Waals surface area (Å²) in [7, 11) is 3.13. The van der Waals surface area contributed by atoms with E-state index in [0.29, 0.717) is 29.5 Å². The molecule has 0 aliphatic heterocycles. The van der Waals surface area contributed by atoms with Crippen LogP contribution in [0.4, 0.5) is 0 Å². The van der Waals surface area contributed by atoms with Gasteiger partial charge in [-0.25, -0.2) is 0 Å². The van der Waals surface area contributed by atoms with Gasteiger partial charge in [-0.3, -0.25) is 4.79 Å². The molecule has 23 heavy (non-hydrogen) atoms. The van der Waals surface area contributed by atoms with E-state index in [-0.39, 0.29) is 17.5 Å². The van der Waals surface area contributed by atoms with Gasteiger partial charge in [0.1, 0.15) is 0 Å². The Balaban J connectivity index is 2.61. The van der Waals surface area contributed by atoms with E-state index in [2.05, 4.69) is 10.6 Å². The van der Waals surface area contributed by atoms with Crippen LogP contribution >= 0.6 is 11.6 Å². The third kappa shape index (κ3) is 5.92. The van der Waals surface area contributed by atoms with Gasteiger partial charge < -0.3 is 20.1 Å². The first-order valence-corrected chi connectivity index (χ1v) is 8.02. The Kier molecular flexibility index (Phi) is 7.16. The summed E-state index contributed by atoms with van der Waals surface area (Å²) < 4.78 is 10.5. The molecule has 0 aliphatic rings. The largest absolute Gasteiger partial charge is 0.493 e. The highest BCUT2D eigenvalue weighted by molar-refractivity contribution is 6.33. The minimum atomic E-state index is -0.270. The molecule has 1 amide bonds. The third-order valence-corrected chi connectivity index (χ3v) is 3.72. The number of ether oxygens (including phenoxy) is 2. The molecule has 0 aliphatic carbocycles. The van der Waals surface area contributed by atoms with Crippen LogP contribution in [-0.4, -0.2) is 38.3 Å². The highest BCUT2D eigenvalue weighted by atomic mass is 35.5. The van der Waals surface area contributed by atoms with E-state index in [4.69, 9.17) is 21.1 Å². The monoisotopic (exact) mass is 342 g/mol. The van der Waals surface area contributed by atoms with Crippen LogP contribution in [0.1, 0.15) is 33.3 Å². The van der Waals surface area contributed by atoms with E-state index < -0.39 is 0 Å². The molecule has 2 N–H and O–H groups in total. The molecule has 0 aromatic heterocycles. The van der Waals surface area contributed by atoms with Crippen molar-refractivity contribution in [2.45, 2.75) is 45.7 Å². The molecule has 1 unspecified atom stereocenters. The summed E-state index contributed by atoms with van der Waals surface area (Å²) >= 11 is 6.35. The number of rotatable bonds is 7. The first kappa shape index (κ1) is 19.6. The van der Waals surface area contributed by atoms with E-state index >= 15 is 0 Å². The zero-order valence-corrected chi connectivity index (χ0v) is 15.5. The molecule has 0 heterocycles. The normalized spacial score (nSPS) is 12.7. The van der Waals surface area contributed by atoms with Gasteiger partial charge >= 0.3 is 0 Å². The van der Waals surface area contributed by atoms with Crippen molar-refractivity contribution in [1.82, 2.24) is 10.6 Å². The summed E-state index contributed by atoms with van der Waals surface area (Å²) in [6.45, 7) is 8.36. The molecule has 130 valence electrons. The van der Waals surface area contributed by atoms with E-state index in [1.807, 2.05) is 39.8 Å². The second kappa shape index (κ2) is 8.41. The Morgan fingerprint density at radius 3 is 2.43 bits per heavy atom. The molecular weight excluding hydrogens is 316 g/mol. The lowest BCUT2D eigenvalue weighted by Crippen LogP contribution is -2.49. The van der Waals surface area contributed by atoms with Crippen molar-refractivity contribution in [2.24, 2.45) is 0 Å². The summed E-state index contributed by atoms with van der Waals surface area (Å²) in [5, 5.41) is 6.69. The predicted octanol–water partition coefficient (Wildman–Crippen LogP) is 2.79. The number of benzene rings is 1. The number of methoxy groups -OCH3 is 2. The summed E-state index contributed by atoms with van der Waals surface area (Å²) in [6, 6.07) is 3.47. The number of carbonyl (C=O) groups is 1. The standard InChI is InChI=1S/C17H27ClN2O3/c1-11(16(21)20-17(2,3)4)19-10-9-12-7-8-13(22-5)15(23-6)14(12)18/h7-8,11,19H,9-10H2,1-6H3,(H,20,21). The van der Waals surface area contributed by atoms with E-state index in [1.165, 1.54) is 0 Å². The van der Waals surface area contributed by atoms with Crippen molar-refractivity contribution in [3.63, 3.8) is 0 Å². The minimum Gasteiger partial charge on any atom is -0.493 e. The molecule has 1 rings (SSSR count). The maximum Gasteiger partial charge on any atom is 0.237 e. The molecule has 6 heteroatoms. The zero-order chi connectivity index (χ0) is 17.6. The summed E-state index contributed by atoms with van der Waals surface area (Å²) in [5.41, 5.74) is 0.708. The van der Waals surface area contributed by atoms with E-state index in [9.17, 15) is 4.79 Å². The van der Waals surface area contributed by atoms with Crippen LogP contribution in [0.25, 0.3) is 0 Å². The van der Waals surface area contributed by atoms with Crippen LogP contribution < -0.4 is 20.1 Å². The minimum absolute atomic E-state index is 0.0177. The molecule has 0 bridgehead atoms. The fourth-order valence-electron chi connectivity index (χ4n) is 2.12. The maximum atomic E-state index is 12.0. The molecular formula is C17H27ClN2O3.